The van der Waals surface area contributed by atoms with Gasteiger partial charge in [0, 0.05) is 6.54 Å². The molecule has 0 aliphatic carbocycles. The highest BCUT2D eigenvalue weighted by atomic mass is 79.9. The normalized spacial score (nSPS) is 20.5. The number of alkyl halides is 6. The zero-order valence-corrected chi connectivity index (χ0v) is 11.9. The molecular weight excluding hydrogens is 337 g/mol. The minimum Gasteiger partial charge on any atom is -0.263 e. The van der Waals surface area contributed by atoms with Gasteiger partial charge in [-0.1, -0.05) is 26.2 Å². The molecule has 3 nitrogen and oxygen atoms in total. The van der Waals surface area contributed by atoms with Gasteiger partial charge in [-0.25, -0.2) is 0 Å². The lowest BCUT2D eigenvalue weighted by Crippen LogP contribution is -2.54. The van der Waals surface area contributed by atoms with Crippen molar-refractivity contribution in [1.29, 1.82) is 0 Å². The Morgan fingerprint density at radius 2 is 1.79 bits per heavy atom. The van der Waals surface area contributed by atoms with Crippen molar-refractivity contribution in [1.82, 2.24) is 9.91 Å². The number of rotatable bonds is 6. The third-order valence-corrected chi connectivity index (χ3v) is 3.62. The van der Waals surface area contributed by atoms with Crippen LogP contribution in [0.3, 0.4) is 0 Å². The van der Waals surface area contributed by atoms with Gasteiger partial charge in [0.1, 0.15) is 6.34 Å². The minimum atomic E-state index is -5.64. The summed E-state index contributed by atoms with van der Waals surface area (Å²) in [5.74, 6) is 0. The van der Waals surface area contributed by atoms with E-state index in [0.29, 0.717) is 19.3 Å². The maximum Gasteiger partial charge on any atom is 0.475 e. The summed E-state index contributed by atoms with van der Waals surface area (Å²) >= 11 is 2.82. The minimum absolute atomic E-state index is 0.132. The summed E-state index contributed by atoms with van der Waals surface area (Å²) < 4.78 is 63.0. The fraction of sp³-hybridized carbons (Fsp3) is 0.900. The highest BCUT2D eigenvalue weighted by Gasteiger charge is 2.64. The molecule has 1 aliphatic heterocycles. The van der Waals surface area contributed by atoms with Gasteiger partial charge in [0.15, 0.2) is 5.08 Å². The average molecular weight is 352 g/mol. The molecule has 0 aromatic heterocycles. The van der Waals surface area contributed by atoms with E-state index in [-0.39, 0.29) is 4.90 Å². The quantitative estimate of drug-likeness (QED) is 0.312. The van der Waals surface area contributed by atoms with Gasteiger partial charge in [-0.05, 0) is 22.4 Å². The Hall–Kier alpha value is -0.600. The van der Waals surface area contributed by atoms with Gasteiger partial charge in [0.2, 0.25) is 0 Å². The van der Waals surface area contributed by atoms with Crippen molar-refractivity contribution >= 4 is 22.3 Å². The average Bonchev–Trinajstić information content (AvgIpc) is 2.65. The zero-order valence-electron chi connectivity index (χ0n) is 10.3. The fourth-order valence-electron chi connectivity index (χ4n) is 1.59. The van der Waals surface area contributed by atoms with Crippen LogP contribution in [0, 0.1) is 0 Å². The van der Waals surface area contributed by atoms with Crippen LogP contribution in [0.2, 0.25) is 0 Å². The standard InChI is InChI=1S/C10H15BrF5N3/c1-2-3-4-5-6-19-8(11)18(7-17-19)10(15,16)9(12,13)14/h7-8H,2-6H2,1H3. The van der Waals surface area contributed by atoms with Crippen LogP contribution in [-0.2, 0) is 0 Å². The predicted octanol–water partition coefficient (Wildman–Crippen LogP) is 3.96. The highest BCUT2D eigenvalue weighted by molar-refractivity contribution is 9.09. The second-order valence-corrected chi connectivity index (χ2v) is 5.03. The second kappa shape index (κ2) is 6.23. The fourth-order valence-corrected chi connectivity index (χ4v) is 2.27. The number of halogens is 6. The van der Waals surface area contributed by atoms with Crippen molar-refractivity contribution in [2.45, 2.75) is 49.9 Å². The molecule has 0 saturated heterocycles. The van der Waals surface area contributed by atoms with E-state index < -0.39 is 17.3 Å². The number of hydrazone groups is 1. The first-order chi connectivity index (χ1) is 8.71. The van der Waals surface area contributed by atoms with Gasteiger partial charge in [-0.3, -0.25) is 9.91 Å². The second-order valence-electron chi connectivity index (χ2n) is 4.21. The topological polar surface area (TPSA) is 18.8 Å². The Kier molecular flexibility index (Phi) is 5.40. The molecule has 1 unspecified atom stereocenters. The Labute approximate surface area is 116 Å². The van der Waals surface area contributed by atoms with E-state index in [4.69, 9.17) is 0 Å². The van der Waals surface area contributed by atoms with E-state index in [1.807, 2.05) is 6.92 Å². The molecule has 0 saturated carbocycles. The molecule has 1 heterocycles. The van der Waals surface area contributed by atoms with Gasteiger partial charge in [-0.2, -0.15) is 27.1 Å². The highest BCUT2D eigenvalue weighted by Crippen LogP contribution is 2.41. The summed E-state index contributed by atoms with van der Waals surface area (Å²) in [6.45, 7) is 2.35. The third-order valence-electron chi connectivity index (χ3n) is 2.71. The first kappa shape index (κ1) is 16.5. The van der Waals surface area contributed by atoms with Crippen LogP contribution >= 0.6 is 15.9 Å². The van der Waals surface area contributed by atoms with Crippen LogP contribution in [0.25, 0.3) is 0 Å². The molecule has 1 aliphatic rings. The lowest BCUT2D eigenvalue weighted by molar-refractivity contribution is -0.328. The van der Waals surface area contributed by atoms with Gasteiger partial charge in [0.25, 0.3) is 0 Å². The van der Waals surface area contributed by atoms with Crippen LogP contribution in [0.5, 0.6) is 0 Å². The summed E-state index contributed by atoms with van der Waals surface area (Å²) in [6, 6.07) is -4.94. The van der Waals surface area contributed by atoms with E-state index in [1.165, 1.54) is 5.01 Å². The van der Waals surface area contributed by atoms with E-state index in [2.05, 4.69) is 21.0 Å². The molecule has 0 N–H and O–H groups in total. The molecule has 1 rings (SSSR count). The van der Waals surface area contributed by atoms with Crippen molar-refractivity contribution in [3.63, 3.8) is 0 Å². The predicted molar refractivity (Wildman–Crippen MR) is 64.9 cm³/mol. The van der Waals surface area contributed by atoms with Crippen molar-refractivity contribution in [2.24, 2.45) is 5.10 Å². The molecule has 112 valence electrons. The Balaban J connectivity index is 2.56. The van der Waals surface area contributed by atoms with Gasteiger partial charge in [-0.15, -0.1) is 0 Å². The Morgan fingerprint density at radius 3 is 2.32 bits per heavy atom. The van der Waals surface area contributed by atoms with Crippen LogP contribution in [0.4, 0.5) is 22.0 Å². The van der Waals surface area contributed by atoms with Crippen LogP contribution < -0.4 is 0 Å². The molecule has 0 bridgehead atoms. The third kappa shape index (κ3) is 3.70. The number of unbranched alkanes of at least 4 members (excludes halogenated alkanes) is 3. The first-order valence-corrected chi connectivity index (χ1v) is 6.81. The molecule has 0 aromatic rings. The summed E-state index contributed by atoms with van der Waals surface area (Å²) in [7, 11) is 0. The van der Waals surface area contributed by atoms with Crippen molar-refractivity contribution < 1.29 is 22.0 Å². The van der Waals surface area contributed by atoms with Crippen molar-refractivity contribution in [3.05, 3.63) is 0 Å². The summed E-state index contributed by atoms with van der Waals surface area (Å²) in [4.78, 5) is -0.132. The molecule has 9 heteroatoms. The molecule has 0 amide bonds. The van der Waals surface area contributed by atoms with Gasteiger partial charge < -0.3 is 0 Å². The molecular formula is C10H15BrF5N3. The smallest absolute Gasteiger partial charge is 0.263 e. The lowest BCUT2D eigenvalue weighted by Gasteiger charge is -2.32. The molecule has 19 heavy (non-hydrogen) atoms. The summed E-state index contributed by atoms with van der Waals surface area (Å²) in [5.41, 5.74) is 0. The monoisotopic (exact) mass is 351 g/mol. The van der Waals surface area contributed by atoms with E-state index in [1.54, 1.807) is 0 Å². The SMILES string of the molecule is CCCCCCN1N=CN(C(F)(F)C(F)(F)F)C1Br. The summed E-state index contributed by atoms with van der Waals surface area (Å²) in [6.07, 6.45) is -1.53. The first-order valence-electron chi connectivity index (χ1n) is 5.89. The molecule has 0 fully saturated rings. The lowest BCUT2D eigenvalue weighted by atomic mass is 10.2. The van der Waals surface area contributed by atoms with Crippen molar-refractivity contribution in [2.75, 3.05) is 6.54 Å². The number of hydrogen-bond acceptors (Lipinski definition) is 3. The Bertz CT molecular complexity index is 321. The Morgan fingerprint density at radius 1 is 1.16 bits per heavy atom. The largest absolute Gasteiger partial charge is 0.475 e. The van der Waals surface area contributed by atoms with Gasteiger partial charge >= 0.3 is 12.2 Å². The zero-order chi connectivity index (χ0) is 14.7. The van der Waals surface area contributed by atoms with Gasteiger partial charge in [0.05, 0.1) is 0 Å². The van der Waals surface area contributed by atoms with E-state index >= 15 is 0 Å². The summed E-state index contributed by atoms with van der Waals surface area (Å²) in [5, 5.41) is 3.47. The number of nitrogens with zero attached hydrogens (tertiary/aromatic N) is 3. The van der Waals surface area contributed by atoms with E-state index in [0.717, 1.165) is 19.3 Å². The maximum atomic E-state index is 13.2. The van der Waals surface area contributed by atoms with Crippen LogP contribution in [-0.4, -0.2) is 40.1 Å². The molecule has 0 spiro atoms. The van der Waals surface area contributed by atoms with Crippen LogP contribution in [0.1, 0.15) is 32.6 Å². The van der Waals surface area contributed by atoms with Crippen LogP contribution in [0.15, 0.2) is 5.10 Å². The van der Waals surface area contributed by atoms with Crippen molar-refractivity contribution in [3.8, 4) is 0 Å². The molecule has 0 radical (unpaired) electrons. The molecule has 1 atom stereocenters. The van der Waals surface area contributed by atoms with E-state index in [9.17, 15) is 22.0 Å². The number of hydrogen-bond donors (Lipinski definition) is 0. The maximum absolute atomic E-state index is 13.2. The molecule has 0 aromatic carbocycles.